The molecule has 1 heterocycles. The number of hydrogen-bond acceptors (Lipinski definition) is 5. The van der Waals surface area contributed by atoms with Crippen LogP contribution in [0.2, 0.25) is 5.02 Å². The Morgan fingerprint density at radius 1 is 1.00 bits per heavy atom. The molecule has 0 atom stereocenters. The third-order valence-electron chi connectivity index (χ3n) is 4.95. The van der Waals surface area contributed by atoms with Gasteiger partial charge in [-0.15, -0.1) is 0 Å². The van der Waals surface area contributed by atoms with E-state index in [0.717, 1.165) is 0 Å². The number of aromatic amines is 1. The van der Waals surface area contributed by atoms with Crippen molar-refractivity contribution in [2.75, 3.05) is 12.4 Å². The lowest BCUT2D eigenvalue weighted by molar-refractivity contribution is 0.0470. The van der Waals surface area contributed by atoms with Gasteiger partial charge in [0.15, 0.2) is 0 Å². The smallest absolute Gasteiger partial charge is 0.338 e. The van der Waals surface area contributed by atoms with E-state index in [-0.39, 0.29) is 23.3 Å². The molecule has 0 bridgehead atoms. The topological polar surface area (TPSA) is 97.5 Å². The second kappa shape index (κ2) is 9.58. The zero-order valence-corrected chi connectivity index (χ0v) is 18.3. The van der Waals surface area contributed by atoms with Crippen LogP contribution < -0.4 is 15.6 Å². The number of fused-ring (bicyclic) bond motifs is 1. The van der Waals surface area contributed by atoms with Crippen LogP contribution in [0, 0.1) is 0 Å². The van der Waals surface area contributed by atoms with Gasteiger partial charge in [-0.1, -0.05) is 35.9 Å². The van der Waals surface area contributed by atoms with Crippen molar-refractivity contribution < 1.29 is 19.1 Å². The SMILES string of the molecule is COc1ccc(Cl)cc1COC(=O)c1cccc(NC(=O)c2cc(=O)[nH]c3ccccc23)c1. The summed E-state index contributed by atoms with van der Waals surface area (Å²) in [5, 5.41) is 3.85. The van der Waals surface area contributed by atoms with Gasteiger partial charge in [-0.2, -0.15) is 0 Å². The van der Waals surface area contributed by atoms with Gasteiger partial charge >= 0.3 is 5.97 Å². The summed E-state index contributed by atoms with van der Waals surface area (Å²) in [6.07, 6.45) is 0. The molecule has 0 radical (unpaired) electrons. The molecule has 3 aromatic carbocycles. The fourth-order valence-electron chi connectivity index (χ4n) is 3.40. The number of aromatic nitrogens is 1. The van der Waals surface area contributed by atoms with Gasteiger partial charge in [0.25, 0.3) is 5.91 Å². The molecule has 2 N–H and O–H groups in total. The molecular formula is C25H19ClN2O5. The molecule has 4 rings (SSSR count). The van der Waals surface area contributed by atoms with Crippen molar-refractivity contribution in [3.8, 4) is 5.75 Å². The third-order valence-corrected chi connectivity index (χ3v) is 5.19. The molecule has 0 aliphatic rings. The Morgan fingerprint density at radius 2 is 1.82 bits per heavy atom. The highest BCUT2D eigenvalue weighted by Crippen LogP contribution is 2.24. The number of hydrogen-bond donors (Lipinski definition) is 2. The Hall–Kier alpha value is -4.10. The number of carbonyl (C=O) groups excluding carboxylic acids is 2. The van der Waals surface area contributed by atoms with Crippen LogP contribution >= 0.6 is 11.6 Å². The standard InChI is InChI=1S/C25H19ClN2O5/c1-32-22-10-9-17(26)11-16(22)14-33-25(31)15-5-4-6-18(12-15)27-24(30)20-13-23(29)28-21-8-3-2-7-19(20)21/h2-13H,14H2,1H3,(H,27,30)(H,28,29). The van der Waals surface area contributed by atoms with Crippen molar-refractivity contribution in [2.24, 2.45) is 0 Å². The molecule has 0 unspecified atom stereocenters. The molecular weight excluding hydrogens is 444 g/mol. The van der Waals surface area contributed by atoms with E-state index in [9.17, 15) is 14.4 Å². The minimum atomic E-state index is -0.574. The van der Waals surface area contributed by atoms with Gasteiger partial charge in [0.05, 0.1) is 18.2 Å². The lowest BCUT2D eigenvalue weighted by Crippen LogP contribution is -2.17. The molecule has 0 aliphatic heterocycles. The Bertz CT molecular complexity index is 1410. The van der Waals surface area contributed by atoms with Crippen molar-refractivity contribution in [1.82, 2.24) is 4.98 Å². The summed E-state index contributed by atoms with van der Waals surface area (Å²) in [5.74, 6) is -0.487. The Kier molecular flexibility index (Phi) is 6.42. The van der Waals surface area contributed by atoms with Crippen LogP contribution in [0.1, 0.15) is 26.3 Å². The molecule has 1 amide bonds. The van der Waals surface area contributed by atoms with E-state index in [0.29, 0.717) is 32.9 Å². The number of pyridine rings is 1. The number of ether oxygens (including phenoxy) is 2. The first-order chi connectivity index (χ1) is 15.9. The molecule has 0 fully saturated rings. The molecule has 0 aliphatic carbocycles. The third kappa shape index (κ3) is 5.05. The fraction of sp³-hybridized carbons (Fsp3) is 0.0800. The first-order valence-corrected chi connectivity index (χ1v) is 10.4. The second-order valence-corrected chi connectivity index (χ2v) is 7.60. The van der Waals surface area contributed by atoms with E-state index in [1.807, 2.05) is 0 Å². The molecule has 1 aromatic heterocycles. The number of rotatable bonds is 6. The van der Waals surface area contributed by atoms with E-state index < -0.39 is 11.9 Å². The molecule has 0 saturated carbocycles. The predicted molar refractivity (Wildman–Crippen MR) is 126 cm³/mol. The average Bonchev–Trinajstić information content (AvgIpc) is 2.82. The monoisotopic (exact) mass is 462 g/mol. The van der Waals surface area contributed by atoms with Crippen LogP contribution in [-0.2, 0) is 11.3 Å². The van der Waals surface area contributed by atoms with Gasteiger partial charge < -0.3 is 19.8 Å². The number of esters is 1. The van der Waals surface area contributed by atoms with Gasteiger partial charge in [-0.05, 0) is 42.5 Å². The Morgan fingerprint density at radius 3 is 2.64 bits per heavy atom. The summed E-state index contributed by atoms with van der Waals surface area (Å²) in [5.41, 5.74) is 1.68. The van der Waals surface area contributed by atoms with Crippen LogP contribution in [0.25, 0.3) is 10.9 Å². The van der Waals surface area contributed by atoms with Gasteiger partial charge in [0.1, 0.15) is 12.4 Å². The van der Waals surface area contributed by atoms with Gasteiger partial charge in [-0.3, -0.25) is 9.59 Å². The molecule has 4 aromatic rings. The van der Waals surface area contributed by atoms with E-state index in [2.05, 4.69) is 10.3 Å². The van der Waals surface area contributed by atoms with Crippen molar-refractivity contribution >= 4 is 40.1 Å². The number of nitrogens with one attached hydrogen (secondary N) is 2. The van der Waals surface area contributed by atoms with Crippen LogP contribution in [0.4, 0.5) is 5.69 Å². The first-order valence-electron chi connectivity index (χ1n) is 9.97. The minimum Gasteiger partial charge on any atom is -0.496 e. The summed E-state index contributed by atoms with van der Waals surface area (Å²) in [7, 11) is 1.52. The van der Waals surface area contributed by atoms with E-state index in [1.165, 1.54) is 19.2 Å². The van der Waals surface area contributed by atoms with Crippen LogP contribution in [0.3, 0.4) is 0 Å². The van der Waals surface area contributed by atoms with E-state index in [1.54, 1.807) is 60.7 Å². The highest BCUT2D eigenvalue weighted by Gasteiger charge is 2.14. The van der Waals surface area contributed by atoms with Crippen molar-refractivity contribution in [2.45, 2.75) is 6.61 Å². The molecule has 166 valence electrons. The number of para-hydroxylation sites is 1. The summed E-state index contributed by atoms with van der Waals surface area (Å²) < 4.78 is 10.7. The second-order valence-electron chi connectivity index (χ2n) is 7.16. The normalized spacial score (nSPS) is 10.6. The fourth-order valence-corrected chi connectivity index (χ4v) is 3.60. The van der Waals surface area contributed by atoms with Crippen molar-refractivity contribution in [1.29, 1.82) is 0 Å². The quantitative estimate of drug-likeness (QED) is 0.401. The first kappa shape index (κ1) is 22.1. The molecule has 0 spiro atoms. The highest BCUT2D eigenvalue weighted by molar-refractivity contribution is 6.30. The largest absolute Gasteiger partial charge is 0.496 e. The van der Waals surface area contributed by atoms with Gasteiger partial charge in [0.2, 0.25) is 5.56 Å². The number of anilines is 1. The lowest BCUT2D eigenvalue weighted by Gasteiger charge is -2.11. The molecule has 0 saturated heterocycles. The number of amides is 1. The number of H-pyrrole nitrogens is 1. The Balaban J connectivity index is 1.51. The zero-order chi connectivity index (χ0) is 23.4. The summed E-state index contributed by atoms with van der Waals surface area (Å²) in [6, 6.07) is 19.7. The Labute approximate surface area is 193 Å². The predicted octanol–water partition coefficient (Wildman–Crippen LogP) is 4.80. The molecule has 7 nitrogen and oxygen atoms in total. The highest BCUT2D eigenvalue weighted by atomic mass is 35.5. The zero-order valence-electron chi connectivity index (χ0n) is 17.6. The van der Waals surface area contributed by atoms with Crippen LogP contribution in [0.5, 0.6) is 5.75 Å². The van der Waals surface area contributed by atoms with Crippen molar-refractivity contribution in [3.63, 3.8) is 0 Å². The lowest BCUT2D eigenvalue weighted by atomic mass is 10.1. The number of methoxy groups -OCH3 is 1. The molecule has 33 heavy (non-hydrogen) atoms. The van der Waals surface area contributed by atoms with Crippen molar-refractivity contribution in [3.05, 3.63) is 105 Å². The number of carbonyl (C=O) groups is 2. The summed E-state index contributed by atoms with van der Waals surface area (Å²) in [4.78, 5) is 40.1. The maximum Gasteiger partial charge on any atom is 0.338 e. The van der Waals surface area contributed by atoms with Crippen LogP contribution in [0.15, 0.2) is 77.6 Å². The van der Waals surface area contributed by atoms with Gasteiger partial charge in [0, 0.05) is 33.2 Å². The maximum absolute atomic E-state index is 12.9. The van der Waals surface area contributed by atoms with E-state index in [4.69, 9.17) is 21.1 Å². The minimum absolute atomic E-state index is 0.0298. The van der Waals surface area contributed by atoms with E-state index >= 15 is 0 Å². The number of benzene rings is 3. The van der Waals surface area contributed by atoms with Crippen LogP contribution in [-0.4, -0.2) is 24.0 Å². The average molecular weight is 463 g/mol. The van der Waals surface area contributed by atoms with Gasteiger partial charge in [-0.25, -0.2) is 4.79 Å². The molecule has 8 heteroatoms. The maximum atomic E-state index is 12.9. The number of halogens is 1. The summed E-state index contributed by atoms with van der Waals surface area (Å²) in [6.45, 7) is -0.0298. The summed E-state index contributed by atoms with van der Waals surface area (Å²) >= 11 is 6.01.